The molecule has 1 heterocycles. The summed E-state index contributed by atoms with van der Waals surface area (Å²) >= 11 is 12.8. The van der Waals surface area contributed by atoms with E-state index in [4.69, 9.17) is 32.7 Å². The summed E-state index contributed by atoms with van der Waals surface area (Å²) in [6.45, 7) is 0.528. The molecule has 0 aliphatic carbocycles. The SMILES string of the molecule is O=C1NC(=O)N(c2ccc(OCc3ccccc3)cc2)C(=O)/C1=C/c1cc(Cl)cc(Cl)c1OCc1cccc2ccccc12. The first-order valence-corrected chi connectivity index (χ1v) is 14.4. The number of carbonyl (C=O) groups excluding carboxylic acids is 3. The third kappa shape index (κ3) is 6.15. The number of anilines is 1. The van der Waals surface area contributed by atoms with Crippen LogP contribution >= 0.6 is 23.2 Å². The van der Waals surface area contributed by atoms with Crippen molar-refractivity contribution in [1.29, 1.82) is 0 Å². The number of amides is 4. The van der Waals surface area contributed by atoms with E-state index in [1.807, 2.05) is 72.8 Å². The molecule has 218 valence electrons. The van der Waals surface area contributed by atoms with E-state index in [0.29, 0.717) is 17.9 Å². The zero-order chi connectivity index (χ0) is 30.6. The lowest BCUT2D eigenvalue weighted by Gasteiger charge is -2.26. The molecule has 0 atom stereocenters. The Kier molecular flexibility index (Phi) is 8.32. The normalized spacial score (nSPS) is 14.2. The van der Waals surface area contributed by atoms with Crippen molar-refractivity contribution in [2.24, 2.45) is 0 Å². The molecule has 6 rings (SSSR count). The fourth-order valence-electron chi connectivity index (χ4n) is 4.89. The van der Waals surface area contributed by atoms with Gasteiger partial charge in [-0.25, -0.2) is 9.69 Å². The van der Waals surface area contributed by atoms with E-state index in [0.717, 1.165) is 26.8 Å². The number of hydrogen-bond donors (Lipinski definition) is 1. The van der Waals surface area contributed by atoms with Crippen LogP contribution in [0.25, 0.3) is 16.8 Å². The number of urea groups is 1. The van der Waals surface area contributed by atoms with Crippen LogP contribution in [0.15, 0.2) is 115 Å². The highest BCUT2D eigenvalue weighted by molar-refractivity contribution is 6.40. The maximum absolute atomic E-state index is 13.6. The van der Waals surface area contributed by atoms with E-state index < -0.39 is 17.8 Å². The Balaban J connectivity index is 1.26. The molecular formula is C35H24Cl2N2O5. The zero-order valence-electron chi connectivity index (χ0n) is 23.1. The molecular weight excluding hydrogens is 599 g/mol. The second-order valence-corrected chi connectivity index (χ2v) is 10.8. The fourth-order valence-corrected chi connectivity index (χ4v) is 5.45. The van der Waals surface area contributed by atoms with Crippen molar-refractivity contribution >= 4 is 63.6 Å². The number of imide groups is 2. The van der Waals surface area contributed by atoms with Crippen LogP contribution in [0.3, 0.4) is 0 Å². The van der Waals surface area contributed by atoms with Crippen molar-refractivity contribution in [2.75, 3.05) is 4.90 Å². The van der Waals surface area contributed by atoms with Crippen molar-refractivity contribution in [2.45, 2.75) is 13.2 Å². The number of benzene rings is 5. The summed E-state index contributed by atoms with van der Waals surface area (Å²) in [5, 5.41) is 4.80. The van der Waals surface area contributed by atoms with E-state index in [1.165, 1.54) is 12.1 Å². The Bertz CT molecular complexity index is 1920. The van der Waals surface area contributed by atoms with Gasteiger partial charge in [0.15, 0.2) is 0 Å². The average Bonchev–Trinajstić information content (AvgIpc) is 3.02. The smallest absolute Gasteiger partial charge is 0.335 e. The molecule has 7 nitrogen and oxygen atoms in total. The Morgan fingerprint density at radius 1 is 0.750 bits per heavy atom. The van der Waals surface area contributed by atoms with Gasteiger partial charge in [0.25, 0.3) is 11.8 Å². The topological polar surface area (TPSA) is 84.9 Å². The van der Waals surface area contributed by atoms with Gasteiger partial charge in [-0.15, -0.1) is 0 Å². The number of hydrogen-bond acceptors (Lipinski definition) is 5. The zero-order valence-corrected chi connectivity index (χ0v) is 24.6. The highest BCUT2D eigenvalue weighted by Crippen LogP contribution is 2.36. The van der Waals surface area contributed by atoms with E-state index in [-0.39, 0.29) is 33.7 Å². The number of rotatable bonds is 8. The number of carbonyl (C=O) groups is 3. The Morgan fingerprint density at radius 3 is 2.27 bits per heavy atom. The molecule has 5 aromatic rings. The van der Waals surface area contributed by atoms with Crippen molar-refractivity contribution in [3.63, 3.8) is 0 Å². The summed E-state index contributed by atoms with van der Waals surface area (Å²) in [7, 11) is 0. The largest absolute Gasteiger partial charge is 0.489 e. The molecule has 4 amide bonds. The Hall–Kier alpha value is -5.11. The van der Waals surface area contributed by atoms with Gasteiger partial charge in [0.1, 0.15) is 30.3 Å². The van der Waals surface area contributed by atoms with E-state index in [2.05, 4.69) is 5.32 Å². The molecule has 0 bridgehead atoms. The highest BCUT2D eigenvalue weighted by atomic mass is 35.5. The Morgan fingerprint density at radius 2 is 1.48 bits per heavy atom. The lowest BCUT2D eigenvalue weighted by Crippen LogP contribution is -2.54. The second kappa shape index (κ2) is 12.6. The minimum atomic E-state index is -0.869. The molecule has 0 aromatic heterocycles. The summed E-state index contributed by atoms with van der Waals surface area (Å²) in [5.74, 6) is -0.876. The van der Waals surface area contributed by atoms with Crippen LogP contribution in [-0.4, -0.2) is 17.8 Å². The number of barbiturate groups is 1. The number of ether oxygens (including phenoxy) is 2. The lowest BCUT2D eigenvalue weighted by atomic mass is 10.0. The van der Waals surface area contributed by atoms with Crippen molar-refractivity contribution in [1.82, 2.24) is 5.32 Å². The maximum atomic E-state index is 13.6. The van der Waals surface area contributed by atoms with Crippen LogP contribution in [0.4, 0.5) is 10.5 Å². The predicted octanol–water partition coefficient (Wildman–Crippen LogP) is 7.97. The maximum Gasteiger partial charge on any atom is 0.335 e. The first kappa shape index (κ1) is 29.0. The number of halogens is 2. The molecule has 44 heavy (non-hydrogen) atoms. The monoisotopic (exact) mass is 622 g/mol. The summed E-state index contributed by atoms with van der Waals surface area (Å²) in [6, 6.07) is 32.1. The average molecular weight is 623 g/mol. The van der Waals surface area contributed by atoms with E-state index >= 15 is 0 Å². The standard InChI is InChI=1S/C35H24Cl2N2O5/c36-26-17-25(32(31(37)19-26)44-21-24-11-6-10-23-9-4-5-12-29(23)24)18-30-33(40)38-35(42)39(34(30)41)27-13-15-28(16-14-27)43-20-22-7-2-1-3-8-22/h1-19H,20-21H2,(H,38,40,42)/b30-18+. The van der Waals surface area contributed by atoms with Gasteiger partial charge in [0.05, 0.1) is 10.7 Å². The van der Waals surface area contributed by atoms with Crippen LogP contribution in [0.5, 0.6) is 11.5 Å². The quantitative estimate of drug-likeness (QED) is 0.140. The summed E-state index contributed by atoms with van der Waals surface area (Å²) in [6.07, 6.45) is 1.32. The van der Waals surface area contributed by atoms with Crippen LogP contribution in [-0.2, 0) is 22.8 Å². The van der Waals surface area contributed by atoms with Crippen LogP contribution in [0, 0.1) is 0 Å². The van der Waals surface area contributed by atoms with Gasteiger partial charge in [0.2, 0.25) is 0 Å². The summed E-state index contributed by atoms with van der Waals surface area (Å²) < 4.78 is 12.0. The Labute approximate surface area is 263 Å². The van der Waals surface area contributed by atoms with Crippen molar-refractivity contribution in [3.05, 3.63) is 142 Å². The first-order chi connectivity index (χ1) is 21.4. The highest BCUT2D eigenvalue weighted by Gasteiger charge is 2.37. The molecule has 1 aliphatic heterocycles. The number of fused-ring (bicyclic) bond motifs is 1. The van der Waals surface area contributed by atoms with Gasteiger partial charge in [-0.3, -0.25) is 14.9 Å². The lowest BCUT2D eigenvalue weighted by molar-refractivity contribution is -0.122. The molecule has 5 aromatic carbocycles. The summed E-state index contributed by atoms with van der Waals surface area (Å²) in [5.41, 5.74) is 2.20. The molecule has 0 unspecified atom stereocenters. The molecule has 9 heteroatoms. The predicted molar refractivity (Wildman–Crippen MR) is 171 cm³/mol. The van der Waals surface area contributed by atoms with Crippen molar-refractivity contribution in [3.8, 4) is 11.5 Å². The van der Waals surface area contributed by atoms with Gasteiger partial charge in [-0.2, -0.15) is 0 Å². The van der Waals surface area contributed by atoms with Gasteiger partial charge in [-0.1, -0.05) is 96.0 Å². The third-order valence-electron chi connectivity index (χ3n) is 7.03. The molecule has 0 spiro atoms. The number of nitrogens with one attached hydrogen (secondary N) is 1. The van der Waals surface area contributed by atoms with Gasteiger partial charge in [-0.05, 0) is 64.4 Å². The second-order valence-electron chi connectivity index (χ2n) is 9.96. The fraction of sp³-hybridized carbons (Fsp3) is 0.0571. The third-order valence-corrected chi connectivity index (χ3v) is 7.53. The van der Waals surface area contributed by atoms with E-state index in [1.54, 1.807) is 30.3 Å². The molecule has 0 radical (unpaired) electrons. The molecule has 1 N–H and O–H groups in total. The van der Waals surface area contributed by atoms with Gasteiger partial charge >= 0.3 is 6.03 Å². The van der Waals surface area contributed by atoms with E-state index in [9.17, 15) is 14.4 Å². The van der Waals surface area contributed by atoms with Gasteiger partial charge in [0, 0.05) is 10.6 Å². The summed E-state index contributed by atoms with van der Waals surface area (Å²) in [4.78, 5) is 40.2. The van der Waals surface area contributed by atoms with Crippen LogP contribution in [0.1, 0.15) is 16.7 Å². The first-order valence-electron chi connectivity index (χ1n) is 13.6. The minimum absolute atomic E-state index is 0.169. The number of nitrogens with zero attached hydrogens (tertiary/aromatic N) is 1. The minimum Gasteiger partial charge on any atom is -0.489 e. The van der Waals surface area contributed by atoms with Crippen LogP contribution in [0.2, 0.25) is 10.0 Å². The van der Waals surface area contributed by atoms with Crippen LogP contribution < -0.4 is 19.7 Å². The molecule has 0 saturated carbocycles. The molecule has 1 fully saturated rings. The molecule has 1 saturated heterocycles. The van der Waals surface area contributed by atoms with Crippen molar-refractivity contribution < 1.29 is 23.9 Å². The van der Waals surface area contributed by atoms with Gasteiger partial charge < -0.3 is 9.47 Å². The molecule has 1 aliphatic rings.